The van der Waals surface area contributed by atoms with Crippen LogP contribution in [0.1, 0.15) is 12.0 Å². The van der Waals surface area contributed by atoms with Crippen molar-refractivity contribution in [3.63, 3.8) is 0 Å². The van der Waals surface area contributed by atoms with Crippen molar-refractivity contribution >= 4 is 5.97 Å². The minimum Gasteiger partial charge on any atom is -0.481 e. The largest absolute Gasteiger partial charge is 0.481 e. The molecule has 1 aromatic rings. The van der Waals surface area contributed by atoms with E-state index in [0.717, 1.165) is 0 Å². The number of aliphatic carboxylic acids is 1. The van der Waals surface area contributed by atoms with E-state index < -0.39 is 11.9 Å². The van der Waals surface area contributed by atoms with Crippen molar-refractivity contribution in [3.8, 4) is 0 Å². The third-order valence-corrected chi connectivity index (χ3v) is 3.26. The summed E-state index contributed by atoms with van der Waals surface area (Å²) in [7, 11) is 0. The van der Waals surface area contributed by atoms with Gasteiger partial charge in [0.15, 0.2) is 0 Å². The number of nitrogens with zero attached hydrogens (tertiary/aromatic N) is 1. The minimum atomic E-state index is -0.830. The van der Waals surface area contributed by atoms with Gasteiger partial charge in [0.25, 0.3) is 0 Å². The highest BCUT2D eigenvalue weighted by atomic mass is 19.1. The van der Waals surface area contributed by atoms with E-state index in [1.807, 2.05) is 4.90 Å². The van der Waals surface area contributed by atoms with Crippen LogP contribution in [-0.4, -0.2) is 35.1 Å². The van der Waals surface area contributed by atoms with Crippen molar-refractivity contribution in [2.24, 2.45) is 11.7 Å². The summed E-state index contributed by atoms with van der Waals surface area (Å²) in [6.45, 7) is 1.44. The highest BCUT2D eigenvalue weighted by Gasteiger charge is 2.29. The van der Waals surface area contributed by atoms with Crippen molar-refractivity contribution in [1.29, 1.82) is 0 Å². The van der Waals surface area contributed by atoms with Gasteiger partial charge in [0.2, 0.25) is 0 Å². The van der Waals surface area contributed by atoms with Crippen LogP contribution in [-0.2, 0) is 11.3 Å². The zero-order valence-electron chi connectivity index (χ0n) is 10.1. The molecule has 1 aromatic carbocycles. The van der Waals surface area contributed by atoms with Gasteiger partial charge in [-0.15, -0.1) is 0 Å². The maximum Gasteiger partial charge on any atom is 0.307 e. The van der Waals surface area contributed by atoms with Gasteiger partial charge in [-0.3, -0.25) is 9.69 Å². The number of hydrogen-bond donors (Lipinski definition) is 2. The average molecular weight is 252 g/mol. The first-order chi connectivity index (χ1) is 8.56. The molecule has 1 aliphatic rings. The standard InChI is InChI=1S/C13H17FN2O2/c14-12-4-2-1-3-9(12)6-16-7-10(13(17)18)5-11(15)8-16/h1-4,10-11H,5-8,15H2,(H,17,18). The van der Waals surface area contributed by atoms with Crippen molar-refractivity contribution in [2.75, 3.05) is 13.1 Å². The molecule has 5 heteroatoms. The Morgan fingerprint density at radius 1 is 1.44 bits per heavy atom. The van der Waals surface area contributed by atoms with Gasteiger partial charge in [-0.2, -0.15) is 0 Å². The van der Waals surface area contributed by atoms with E-state index in [-0.39, 0.29) is 11.9 Å². The molecular formula is C13H17FN2O2. The van der Waals surface area contributed by atoms with E-state index in [1.54, 1.807) is 18.2 Å². The van der Waals surface area contributed by atoms with E-state index in [2.05, 4.69) is 0 Å². The second-order valence-electron chi connectivity index (χ2n) is 4.82. The van der Waals surface area contributed by atoms with Gasteiger partial charge in [0.1, 0.15) is 5.82 Å². The number of piperidine rings is 1. The molecule has 0 saturated carbocycles. The Kier molecular flexibility index (Phi) is 3.93. The summed E-state index contributed by atoms with van der Waals surface area (Å²) in [5.74, 6) is -1.55. The number of carbonyl (C=O) groups is 1. The molecule has 0 amide bonds. The molecule has 98 valence electrons. The number of carboxylic acids is 1. The maximum atomic E-state index is 13.5. The molecule has 0 aromatic heterocycles. The van der Waals surface area contributed by atoms with Crippen molar-refractivity contribution < 1.29 is 14.3 Å². The van der Waals surface area contributed by atoms with Crippen LogP contribution in [0, 0.1) is 11.7 Å². The van der Waals surface area contributed by atoms with Gasteiger partial charge in [0.05, 0.1) is 5.92 Å². The molecule has 0 bridgehead atoms. The van der Waals surface area contributed by atoms with E-state index in [0.29, 0.717) is 31.6 Å². The molecule has 1 aliphatic heterocycles. The molecule has 1 heterocycles. The number of hydrogen-bond acceptors (Lipinski definition) is 3. The van der Waals surface area contributed by atoms with Crippen LogP contribution in [0.15, 0.2) is 24.3 Å². The molecule has 3 N–H and O–H groups in total. The SMILES string of the molecule is NC1CC(C(=O)O)CN(Cc2ccccc2F)C1. The molecule has 2 unspecified atom stereocenters. The first-order valence-electron chi connectivity index (χ1n) is 6.00. The van der Waals surface area contributed by atoms with E-state index in [4.69, 9.17) is 10.8 Å². The molecule has 1 fully saturated rings. The van der Waals surface area contributed by atoms with E-state index in [9.17, 15) is 9.18 Å². The number of rotatable bonds is 3. The first-order valence-corrected chi connectivity index (χ1v) is 6.00. The number of carboxylic acid groups (broad SMARTS) is 1. The van der Waals surface area contributed by atoms with Crippen LogP contribution in [0.25, 0.3) is 0 Å². The van der Waals surface area contributed by atoms with Crippen molar-refractivity contribution in [2.45, 2.75) is 19.0 Å². The van der Waals surface area contributed by atoms with Crippen LogP contribution >= 0.6 is 0 Å². The van der Waals surface area contributed by atoms with Crippen molar-refractivity contribution in [3.05, 3.63) is 35.6 Å². The van der Waals surface area contributed by atoms with Crippen LogP contribution < -0.4 is 5.73 Å². The molecule has 4 nitrogen and oxygen atoms in total. The minimum absolute atomic E-state index is 0.161. The Hall–Kier alpha value is -1.46. The molecule has 18 heavy (non-hydrogen) atoms. The number of halogens is 1. The Morgan fingerprint density at radius 3 is 2.83 bits per heavy atom. The summed E-state index contributed by atoms with van der Waals surface area (Å²) in [5, 5.41) is 9.04. The highest BCUT2D eigenvalue weighted by molar-refractivity contribution is 5.70. The van der Waals surface area contributed by atoms with Crippen LogP contribution in [0.4, 0.5) is 4.39 Å². The summed E-state index contributed by atoms with van der Waals surface area (Å²) >= 11 is 0. The fourth-order valence-corrected chi connectivity index (χ4v) is 2.41. The number of likely N-dealkylation sites (tertiary alicyclic amines) is 1. The number of nitrogens with two attached hydrogens (primary N) is 1. The highest BCUT2D eigenvalue weighted by Crippen LogP contribution is 2.19. The first kappa shape index (κ1) is 13.0. The second-order valence-corrected chi connectivity index (χ2v) is 4.82. The van der Waals surface area contributed by atoms with Gasteiger partial charge in [0, 0.05) is 31.2 Å². The molecule has 2 atom stereocenters. The predicted molar refractivity (Wildman–Crippen MR) is 65.4 cm³/mol. The topological polar surface area (TPSA) is 66.6 Å². The lowest BCUT2D eigenvalue weighted by Crippen LogP contribution is -2.48. The molecule has 1 saturated heterocycles. The quantitative estimate of drug-likeness (QED) is 0.844. The van der Waals surface area contributed by atoms with Gasteiger partial charge >= 0.3 is 5.97 Å². The summed E-state index contributed by atoms with van der Waals surface area (Å²) < 4.78 is 13.5. The zero-order chi connectivity index (χ0) is 13.1. The summed E-state index contributed by atoms with van der Waals surface area (Å²) in [6, 6.07) is 6.38. The molecule has 0 aliphatic carbocycles. The lowest BCUT2D eigenvalue weighted by atomic mass is 9.94. The second kappa shape index (κ2) is 5.46. The van der Waals surface area contributed by atoms with E-state index in [1.165, 1.54) is 6.07 Å². The lowest BCUT2D eigenvalue weighted by molar-refractivity contribution is -0.144. The normalized spacial score (nSPS) is 25.0. The monoisotopic (exact) mass is 252 g/mol. The van der Waals surface area contributed by atoms with E-state index >= 15 is 0 Å². The Morgan fingerprint density at radius 2 is 2.17 bits per heavy atom. The fourth-order valence-electron chi connectivity index (χ4n) is 2.41. The Bertz CT molecular complexity index is 439. The zero-order valence-corrected chi connectivity index (χ0v) is 10.1. The average Bonchev–Trinajstić information content (AvgIpc) is 2.31. The number of benzene rings is 1. The predicted octanol–water partition coefficient (Wildman–Crippen LogP) is 1.06. The molecule has 0 spiro atoms. The van der Waals surface area contributed by atoms with Crippen LogP contribution in [0.3, 0.4) is 0 Å². The third kappa shape index (κ3) is 3.05. The molecule has 0 radical (unpaired) electrons. The van der Waals surface area contributed by atoms with Crippen LogP contribution in [0.2, 0.25) is 0 Å². The summed E-state index contributed by atoms with van der Waals surface area (Å²) in [5.41, 5.74) is 6.43. The molecule has 2 rings (SSSR count). The third-order valence-electron chi connectivity index (χ3n) is 3.26. The van der Waals surface area contributed by atoms with Gasteiger partial charge in [-0.1, -0.05) is 18.2 Å². The van der Waals surface area contributed by atoms with Gasteiger partial charge in [-0.25, -0.2) is 4.39 Å². The Balaban J connectivity index is 2.05. The van der Waals surface area contributed by atoms with Crippen molar-refractivity contribution in [1.82, 2.24) is 4.90 Å². The van der Waals surface area contributed by atoms with Gasteiger partial charge in [-0.05, 0) is 12.5 Å². The fraction of sp³-hybridized carbons (Fsp3) is 0.462. The maximum absolute atomic E-state index is 13.5. The Labute approximate surface area is 105 Å². The summed E-state index contributed by atoms with van der Waals surface area (Å²) in [6.07, 6.45) is 0.489. The molecular weight excluding hydrogens is 235 g/mol. The summed E-state index contributed by atoms with van der Waals surface area (Å²) in [4.78, 5) is 12.9. The smallest absolute Gasteiger partial charge is 0.307 e. The van der Waals surface area contributed by atoms with Gasteiger partial charge < -0.3 is 10.8 Å². The van der Waals surface area contributed by atoms with Crippen LogP contribution in [0.5, 0.6) is 0 Å². The lowest BCUT2D eigenvalue weighted by Gasteiger charge is -2.34.